The predicted octanol–water partition coefficient (Wildman–Crippen LogP) is 2.35. The predicted molar refractivity (Wildman–Crippen MR) is 87.7 cm³/mol. The van der Waals surface area contributed by atoms with Crippen LogP contribution in [0.3, 0.4) is 0 Å². The minimum atomic E-state index is -4.54. The van der Waals surface area contributed by atoms with Crippen molar-refractivity contribution < 1.29 is 18.0 Å². The van der Waals surface area contributed by atoms with Crippen LogP contribution in [-0.2, 0) is 6.18 Å². The number of aromatic nitrogens is 7. The summed E-state index contributed by atoms with van der Waals surface area (Å²) in [6, 6.07) is 2.50. The zero-order valence-corrected chi connectivity index (χ0v) is 14.3. The van der Waals surface area contributed by atoms with Crippen LogP contribution >= 0.6 is 11.3 Å². The molecule has 4 heterocycles. The number of fused-ring (bicyclic) bond motifs is 1. The summed E-state index contributed by atoms with van der Waals surface area (Å²) in [6.07, 6.45) is -0.247. The number of rotatable bonds is 3. The standard InChI is InChI=1S/C14H9F3N8OS/c1-7-11(24-6-3-8(22-24)14(15,16)17)27-13(19-7)21-10(26)9-20-12-18-4-2-5-25(12)23-9/h2-6H,1H3,(H,19,21,26). The van der Waals surface area contributed by atoms with Crippen molar-refractivity contribution in [2.75, 3.05) is 5.32 Å². The van der Waals surface area contributed by atoms with Gasteiger partial charge in [-0.15, -0.1) is 5.10 Å². The molecule has 4 rings (SSSR count). The van der Waals surface area contributed by atoms with Gasteiger partial charge in [-0.2, -0.15) is 23.3 Å². The first-order valence-electron chi connectivity index (χ1n) is 7.41. The van der Waals surface area contributed by atoms with Crippen molar-refractivity contribution >= 4 is 28.2 Å². The summed E-state index contributed by atoms with van der Waals surface area (Å²) in [6.45, 7) is 1.60. The molecule has 0 atom stereocenters. The van der Waals surface area contributed by atoms with Gasteiger partial charge >= 0.3 is 6.18 Å². The van der Waals surface area contributed by atoms with Gasteiger partial charge in [0.1, 0.15) is 5.00 Å². The summed E-state index contributed by atoms with van der Waals surface area (Å²) in [5, 5.41) is 10.6. The molecular weight excluding hydrogens is 385 g/mol. The van der Waals surface area contributed by atoms with E-state index in [1.807, 2.05) is 0 Å². The number of hydrogen-bond acceptors (Lipinski definition) is 7. The minimum absolute atomic E-state index is 0.110. The highest BCUT2D eigenvalue weighted by Gasteiger charge is 2.34. The van der Waals surface area contributed by atoms with Gasteiger partial charge in [-0.25, -0.2) is 19.2 Å². The van der Waals surface area contributed by atoms with E-state index in [4.69, 9.17) is 0 Å². The number of nitrogens with one attached hydrogen (secondary N) is 1. The Kier molecular flexibility index (Phi) is 3.87. The molecule has 1 N–H and O–H groups in total. The third kappa shape index (κ3) is 3.23. The Bertz CT molecular complexity index is 1110. The van der Waals surface area contributed by atoms with E-state index in [0.29, 0.717) is 10.7 Å². The van der Waals surface area contributed by atoms with Gasteiger partial charge in [-0.1, -0.05) is 11.3 Å². The van der Waals surface area contributed by atoms with Gasteiger partial charge < -0.3 is 0 Å². The quantitative estimate of drug-likeness (QED) is 0.572. The molecule has 0 fully saturated rings. The van der Waals surface area contributed by atoms with Gasteiger partial charge in [-0.05, 0) is 19.1 Å². The second-order valence-electron chi connectivity index (χ2n) is 5.31. The number of amides is 1. The summed E-state index contributed by atoms with van der Waals surface area (Å²) >= 11 is 0.979. The molecule has 0 radical (unpaired) electrons. The molecule has 0 saturated heterocycles. The molecule has 0 aliphatic carbocycles. The lowest BCUT2D eigenvalue weighted by Crippen LogP contribution is -2.13. The van der Waals surface area contributed by atoms with Crippen molar-refractivity contribution in [3.63, 3.8) is 0 Å². The number of carbonyl (C=O) groups excluding carboxylic acids is 1. The Balaban J connectivity index is 1.58. The molecule has 138 valence electrons. The highest BCUT2D eigenvalue weighted by atomic mass is 32.1. The summed E-state index contributed by atoms with van der Waals surface area (Å²) in [7, 11) is 0. The molecule has 13 heteroatoms. The van der Waals surface area contributed by atoms with Gasteiger partial charge in [0.25, 0.3) is 11.7 Å². The number of aryl methyl sites for hydroxylation is 1. The SMILES string of the molecule is Cc1nc(NC(=O)c2nc3ncccn3n2)sc1-n1ccc(C(F)(F)F)n1. The van der Waals surface area contributed by atoms with Crippen LogP contribution in [0.4, 0.5) is 18.3 Å². The van der Waals surface area contributed by atoms with Crippen LogP contribution < -0.4 is 5.32 Å². The maximum atomic E-state index is 12.7. The second-order valence-corrected chi connectivity index (χ2v) is 6.28. The fraction of sp³-hybridized carbons (Fsp3) is 0.143. The van der Waals surface area contributed by atoms with Crippen LogP contribution in [0.2, 0.25) is 0 Å². The van der Waals surface area contributed by atoms with Gasteiger partial charge in [-0.3, -0.25) is 10.1 Å². The van der Waals surface area contributed by atoms with Crippen LogP contribution in [0.5, 0.6) is 0 Å². The van der Waals surface area contributed by atoms with Crippen molar-refractivity contribution in [3.8, 4) is 5.00 Å². The third-order valence-corrected chi connectivity index (χ3v) is 4.46. The van der Waals surface area contributed by atoms with Crippen molar-refractivity contribution in [1.29, 1.82) is 0 Å². The highest BCUT2D eigenvalue weighted by molar-refractivity contribution is 7.18. The van der Waals surface area contributed by atoms with Crippen LogP contribution in [0.15, 0.2) is 30.7 Å². The molecule has 0 bridgehead atoms. The number of halogens is 3. The number of hydrogen-bond donors (Lipinski definition) is 1. The van der Waals surface area contributed by atoms with Gasteiger partial charge in [0.15, 0.2) is 10.8 Å². The molecule has 4 aromatic heterocycles. The smallest absolute Gasteiger partial charge is 0.295 e. The Labute approximate surface area is 152 Å². The average molecular weight is 394 g/mol. The maximum Gasteiger partial charge on any atom is 0.435 e. The molecular formula is C14H9F3N8OS. The van der Waals surface area contributed by atoms with Crippen LogP contribution in [0.1, 0.15) is 22.0 Å². The first kappa shape index (κ1) is 17.1. The molecule has 0 unspecified atom stereocenters. The molecule has 0 aliphatic rings. The third-order valence-electron chi connectivity index (χ3n) is 3.40. The van der Waals surface area contributed by atoms with E-state index in [9.17, 15) is 18.0 Å². The van der Waals surface area contributed by atoms with E-state index >= 15 is 0 Å². The normalized spacial score (nSPS) is 11.9. The Morgan fingerprint density at radius 2 is 2.04 bits per heavy atom. The van der Waals surface area contributed by atoms with E-state index in [-0.39, 0.29) is 16.7 Å². The summed E-state index contributed by atoms with van der Waals surface area (Å²) < 4.78 is 40.5. The summed E-state index contributed by atoms with van der Waals surface area (Å²) in [4.78, 5) is 24.4. The van der Waals surface area contributed by atoms with Crippen molar-refractivity contribution in [1.82, 2.24) is 34.3 Å². The van der Waals surface area contributed by atoms with E-state index in [2.05, 4.69) is 30.5 Å². The molecule has 0 aliphatic heterocycles. The minimum Gasteiger partial charge on any atom is -0.295 e. The van der Waals surface area contributed by atoms with E-state index in [1.165, 1.54) is 16.9 Å². The fourth-order valence-corrected chi connectivity index (χ4v) is 3.12. The largest absolute Gasteiger partial charge is 0.435 e. The van der Waals surface area contributed by atoms with Crippen molar-refractivity contribution in [2.45, 2.75) is 13.1 Å². The lowest BCUT2D eigenvalue weighted by molar-refractivity contribution is -0.141. The summed E-state index contributed by atoms with van der Waals surface area (Å²) in [5.41, 5.74) is -0.598. The zero-order chi connectivity index (χ0) is 19.2. The number of thiazole rings is 1. The molecule has 1 amide bonds. The maximum absolute atomic E-state index is 12.7. The lowest BCUT2D eigenvalue weighted by Gasteiger charge is -2.01. The van der Waals surface area contributed by atoms with Crippen LogP contribution in [0.25, 0.3) is 10.8 Å². The number of alkyl halides is 3. The van der Waals surface area contributed by atoms with Gasteiger partial charge in [0.05, 0.1) is 5.69 Å². The van der Waals surface area contributed by atoms with E-state index in [0.717, 1.165) is 22.1 Å². The number of carbonyl (C=O) groups is 1. The fourth-order valence-electron chi connectivity index (χ4n) is 2.22. The lowest BCUT2D eigenvalue weighted by atomic mass is 10.4. The van der Waals surface area contributed by atoms with Crippen LogP contribution in [0, 0.1) is 6.92 Å². The first-order chi connectivity index (χ1) is 12.8. The molecule has 4 aromatic rings. The van der Waals surface area contributed by atoms with Crippen molar-refractivity contribution in [3.05, 3.63) is 47.9 Å². The molecule has 27 heavy (non-hydrogen) atoms. The van der Waals surface area contributed by atoms with Crippen LogP contribution in [-0.4, -0.2) is 40.3 Å². The molecule has 9 nitrogen and oxygen atoms in total. The number of anilines is 1. The topological polar surface area (TPSA) is 103 Å². The monoisotopic (exact) mass is 394 g/mol. The molecule has 0 saturated carbocycles. The van der Waals surface area contributed by atoms with Crippen molar-refractivity contribution in [2.24, 2.45) is 0 Å². The highest BCUT2D eigenvalue weighted by Crippen LogP contribution is 2.30. The van der Waals surface area contributed by atoms with E-state index < -0.39 is 17.8 Å². The van der Waals surface area contributed by atoms with E-state index in [1.54, 1.807) is 19.2 Å². The Morgan fingerprint density at radius 3 is 2.74 bits per heavy atom. The Morgan fingerprint density at radius 1 is 1.22 bits per heavy atom. The zero-order valence-electron chi connectivity index (χ0n) is 13.5. The Hall–Kier alpha value is -3.35. The molecule has 0 aromatic carbocycles. The second kappa shape index (κ2) is 6.12. The first-order valence-corrected chi connectivity index (χ1v) is 8.22. The summed E-state index contributed by atoms with van der Waals surface area (Å²) in [5.74, 6) is -0.464. The number of nitrogens with zero attached hydrogens (tertiary/aromatic N) is 7. The van der Waals surface area contributed by atoms with Gasteiger partial charge in [0, 0.05) is 18.6 Å². The average Bonchev–Trinajstić information content (AvgIpc) is 3.31. The molecule has 0 spiro atoms. The van der Waals surface area contributed by atoms with Gasteiger partial charge in [0.2, 0.25) is 5.82 Å².